The summed E-state index contributed by atoms with van der Waals surface area (Å²) in [6.45, 7) is 6.02. The topological polar surface area (TPSA) is 65.1 Å². The Morgan fingerprint density at radius 2 is 1.96 bits per heavy atom. The number of fused-ring (bicyclic) bond motifs is 1. The highest BCUT2D eigenvalue weighted by molar-refractivity contribution is 6.32. The molecule has 5 nitrogen and oxygen atoms in total. The van der Waals surface area contributed by atoms with E-state index in [4.69, 9.17) is 11.6 Å². The number of hydrogen-bond acceptors (Lipinski definition) is 3. The Bertz CT molecular complexity index is 837. The summed E-state index contributed by atoms with van der Waals surface area (Å²) in [4.78, 5) is 23.0. The molecule has 0 atom stereocenters. The van der Waals surface area contributed by atoms with Crippen molar-refractivity contribution in [3.05, 3.63) is 56.4 Å². The fourth-order valence-corrected chi connectivity index (χ4v) is 3.48. The molecule has 0 radical (unpaired) electrons. The van der Waals surface area contributed by atoms with Gasteiger partial charge in [-0.15, -0.1) is 0 Å². The van der Waals surface area contributed by atoms with E-state index in [1.165, 1.54) is 12.1 Å². The zero-order valence-electron chi connectivity index (χ0n) is 13.2. The maximum Gasteiger partial charge on any atom is 0.289 e. The third-order valence-electron chi connectivity index (χ3n) is 4.26. The summed E-state index contributed by atoms with van der Waals surface area (Å²) in [5.41, 5.74) is 2.93. The first-order chi connectivity index (χ1) is 10.7. The molecule has 1 aliphatic carbocycles. The summed E-state index contributed by atoms with van der Waals surface area (Å²) in [6, 6.07) is 6.60. The SMILES string of the molecule is Cc1cc2c(n1-c1ccc(Cl)c([N+](=O)[O-])c1)CC(C)(C)CC2=O. The minimum atomic E-state index is -0.494. The van der Waals surface area contributed by atoms with Gasteiger partial charge in [-0.2, -0.15) is 0 Å². The van der Waals surface area contributed by atoms with E-state index in [-0.39, 0.29) is 21.9 Å². The van der Waals surface area contributed by atoms with Crippen LogP contribution in [0.3, 0.4) is 0 Å². The average molecular weight is 333 g/mol. The van der Waals surface area contributed by atoms with E-state index in [1.807, 2.05) is 17.6 Å². The van der Waals surface area contributed by atoms with Gasteiger partial charge in [-0.3, -0.25) is 14.9 Å². The Labute approximate surface area is 139 Å². The molecule has 0 fully saturated rings. The van der Waals surface area contributed by atoms with Crippen LogP contribution >= 0.6 is 11.6 Å². The number of carbonyl (C=O) groups excluding carboxylic acids is 1. The van der Waals surface area contributed by atoms with Gasteiger partial charge in [0, 0.05) is 29.4 Å². The lowest BCUT2D eigenvalue weighted by molar-refractivity contribution is -0.384. The zero-order chi connectivity index (χ0) is 16.9. The van der Waals surface area contributed by atoms with E-state index in [1.54, 1.807) is 6.07 Å². The van der Waals surface area contributed by atoms with E-state index in [9.17, 15) is 14.9 Å². The number of nitrogens with zero attached hydrogens (tertiary/aromatic N) is 2. The lowest BCUT2D eigenvalue weighted by atomic mass is 9.76. The predicted molar refractivity (Wildman–Crippen MR) is 88.6 cm³/mol. The van der Waals surface area contributed by atoms with Gasteiger partial charge in [0.25, 0.3) is 5.69 Å². The van der Waals surface area contributed by atoms with Gasteiger partial charge in [0.15, 0.2) is 5.78 Å². The highest BCUT2D eigenvalue weighted by atomic mass is 35.5. The van der Waals surface area contributed by atoms with Crippen LogP contribution in [0.5, 0.6) is 0 Å². The van der Waals surface area contributed by atoms with Crippen LogP contribution in [0.4, 0.5) is 5.69 Å². The normalized spacial score (nSPS) is 16.3. The van der Waals surface area contributed by atoms with E-state index in [0.29, 0.717) is 12.1 Å². The first-order valence-electron chi connectivity index (χ1n) is 7.38. The van der Waals surface area contributed by atoms with Crippen LogP contribution in [0.15, 0.2) is 24.3 Å². The first kappa shape index (κ1) is 15.7. The Morgan fingerprint density at radius 3 is 2.61 bits per heavy atom. The van der Waals surface area contributed by atoms with E-state index in [2.05, 4.69) is 13.8 Å². The number of aromatic nitrogens is 1. The van der Waals surface area contributed by atoms with Gasteiger partial charge < -0.3 is 4.57 Å². The molecule has 1 heterocycles. The molecule has 0 saturated carbocycles. The number of ketones is 1. The second-order valence-electron chi connectivity index (χ2n) is 6.82. The summed E-state index contributed by atoms with van der Waals surface area (Å²) < 4.78 is 1.93. The molecule has 23 heavy (non-hydrogen) atoms. The highest BCUT2D eigenvalue weighted by Crippen LogP contribution is 2.38. The van der Waals surface area contributed by atoms with Gasteiger partial charge in [-0.25, -0.2) is 0 Å². The Hall–Kier alpha value is -2.14. The van der Waals surface area contributed by atoms with Crippen LogP contribution < -0.4 is 0 Å². The van der Waals surface area contributed by atoms with Crippen molar-refractivity contribution >= 4 is 23.1 Å². The number of rotatable bonds is 2. The number of carbonyl (C=O) groups is 1. The monoisotopic (exact) mass is 332 g/mol. The van der Waals surface area contributed by atoms with Crippen molar-refractivity contribution in [2.24, 2.45) is 5.41 Å². The van der Waals surface area contributed by atoms with Crippen LogP contribution in [0.25, 0.3) is 5.69 Å². The maximum atomic E-state index is 12.4. The van der Waals surface area contributed by atoms with Gasteiger partial charge in [-0.05, 0) is 37.0 Å². The molecule has 2 aromatic rings. The number of nitro groups is 1. The fraction of sp³-hybridized carbons (Fsp3) is 0.353. The minimum Gasteiger partial charge on any atom is -0.317 e. The third kappa shape index (κ3) is 2.65. The zero-order valence-corrected chi connectivity index (χ0v) is 14.0. The molecule has 1 aromatic carbocycles. The molecule has 0 aliphatic heterocycles. The van der Waals surface area contributed by atoms with Gasteiger partial charge in [0.05, 0.1) is 10.6 Å². The number of nitro benzene ring substituents is 1. The summed E-state index contributed by atoms with van der Waals surface area (Å²) in [6.07, 6.45) is 1.27. The molecule has 0 unspecified atom stereocenters. The van der Waals surface area contributed by atoms with Crippen molar-refractivity contribution in [1.29, 1.82) is 0 Å². The number of halogens is 1. The second kappa shape index (κ2) is 5.20. The largest absolute Gasteiger partial charge is 0.317 e. The third-order valence-corrected chi connectivity index (χ3v) is 4.58. The lowest BCUT2D eigenvalue weighted by Gasteiger charge is -2.29. The van der Waals surface area contributed by atoms with Crippen molar-refractivity contribution in [2.45, 2.75) is 33.6 Å². The molecule has 0 spiro atoms. The summed E-state index contributed by atoms with van der Waals surface area (Å²) in [7, 11) is 0. The van der Waals surface area contributed by atoms with Crippen molar-refractivity contribution in [3.63, 3.8) is 0 Å². The summed E-state index contributed by atoms with van der Waals surface area (Å²) in [5, 5.41) is 11.2. The van der Waals surface area contributed by atoms with E-state index >= 15 is 0 Å². The van der Waals surface area contributed by atoms with Gasteiger partial charge in [0.2, 0.25) is 0 Å². The Morgan fingerprint density at radius 1 is 1.26 bits per heavy atom. The fourth-order valence-electron chi connectivity index (χ4n) is 3.29. The van der Waals surface area contributed by atoms with Crippen molar-refractivity contribution in [3.8, 4) is 5.69 Å². The van der Waals surface area contributed by atoms with Crippen LogP contribution in [0.1, 0.15) is 42.0 Å². The van der Waals surface area contributed by atoms with Gasteiger partial charge in [0.1, 0.15) is 5.02 Å². The summed E-state index contributed by atoms with van der Waals surface area (Å²) in [5.74, 6) is 0.126. The maximum absolute atomic E-state index is 12.4. The van der Waals surface area contributed by atoms with E-state index in [0.717, 1.165) is 23.4 Å². The molecule has 0 saturated heterocycles. The van der Waals surface area contributed by atoms with Crippen LogP contribution in [0.2, 0.25) is 5.02 Å². The Balaban J connectivity index is 2.21. The van der Waals surface area contributed by atoms with Crippen LogP contribution in [-0.2, 0) is 6.42 Å². The quantitative estimate of drug-likeness (QED) is 0.600. The first-order valence-corrected chi connectivity index (χ1v) is 7.76. The average Bonchev–Trinajstić information content (AvgIpc) is 2.74. The van der Waals surface area contributed by atoms with Crippen molar-refractivity contribution in [1.82, 2.24) is 4.57 Å². The molecular formula is C17H17ClN2O3. The summed E-state index contributed by atoms with van der Waals surface area (Å²) >= 11 is 5.90. The predicted octanol–water partition coefficient (Wildman–Crippen LogP) is 4.50. The van der Waals surface area contributed by atoms with Crippen molar-refractivity contribution < 1.29 is 9.72 Å². The highest BCUT2D eigenvalue weighted by Gasteiger charge is 2.34. The molecule has 0 N–H and O–H groups in total. The smallest absolute Gasteiger partial charge is 0.289 e. The molecule has 120 valence electrons. The molecule has 0 bridgehead atoms. The second-order valence-corrected chi connectivity index (χ2v) is 7.22. The van der Waals surface area contributed by atoms with Gasteiger partial charge >= 0.3 is 0 Å². The van der Waals surface area contributed by atoms with Crippen LogP contribution in [0, 0.1) is 22.5 Å². The lowest BCUT2D eigenvalue weighted by Crippen LogP contribution is -2.27. The number of hydrogen-bond donors (Lipinski definition) is 0. The minimum absolute atomic E-state index is 0.105. The molecule has 0 amide bonds. The molecule has 1 aromatic heterocycles. The number of benzene rings is 1. The molecule has 1 aliphatic rings. The Kier molecular flexibility index (Phi) is 3.56. The molecule has 6 heteroatoms. The number of aryl methyl sites for hydroxylation is 1. The standard InChI is InChI=1S/C17H17ClN2O3/c1-10-6-12-15(8-17(2,3)9-16(12)21)19(10)11-4-5-13(18)14(7-11)20(22)23/h4-7H,8-9H2,1-3H3. The molecule has 3 rings (SSSR count). The van der Waals surface area contributed by atoms with Gasteiger partial charge in [-0.1, -0.05) is 25.4 Å². The number of Topliss-reactive ketones (excluding diaryl/α,β-unsaturated/α-hetero) is 1. The van der Waals surface area contributed by atoms with E-state index < -0.39 is 4.92 Å². The van der Waals surface area contributed by atoms with Crippen molar-refractivity contribution in [2.75, 3.05) is 0 Å². The molecular weight excluding hydrogens is 316 g/mol. The van der Waals surface area contributed by atoms with Crippen LogP contribution in [-0.4, -0.2) is 15.3 Å².